The number of imidazole rings is 1. The summed E-state index contributed by atoms with van der Waals surface area (Å²) in [5, 5.41) is 14.9. The van der Waals surface area contributed by atoms with Gasteiger partial charge in [-0.1, -0.05) is 12.2 Å². The summed E-state index contributed by atoms with van der Waals surface area (Å²) in [4.78, 5) is 30.2. The second kappa shape index (κ2) is 5.09. The predicted molar refractivity (Wildman–Crippen MR) is 69.7 cm³/mol. The fraction of sp³-hybridized carbons (Fsp3) is 0.462. The van der Waals surface area contributed by atoms with Crippen LogP contribution < -0.4 is 10.6 Å². The van der Waals surface area contributed by atoms with Crippen LogP contribution in [-0.4, -0.2) is 39.0 Å². The lowest BCUT2D eigenvalue weighted by molar-refractivity contribution is -0.140. The van der Waals surface area contributed by atoms with Crippen molar-refractivity contribution < 1.29 is 14.7 Å². The topological polar surface area (TPSA) is 107 Å². The van der Waals surface area contributed by atoms with Gasteiger partial charge in [-0.3, -0.25) is 14.9 Å². The van der Waals surface area contributed by atoms with Crippen LogP contribution in [0.3, 0.4) is 0 Å². The highest BCUT2D eigenvalue weighted by Gasteiger charge is 2.30. The average Bonchev–Trinajstić information content (AvgIpc) is 3.05. The first-order valence-electron chi connectivity index (χ1n) is 6.59. The van der Waals surface area contributed by atoms with Gasteiger partial charge in [0, 0.05) is 19.0 Å². The molecule has 2 aliphatic rings. The summed E-state index contributed by atoms with van der Waals surface area (Å²) in [5.41, 5.74) is 1.93. The van der Waals surface area contributed by atoms with Gasteiger partial charge in [0.2, 0.25) is 5.91 Å². The molecule has 7 nitrogen and oxygen atoms in total. The van der Waals surface area contributed by atoms with Crippen LogP contribution in [0.15, 0.2) is 18.5 Å². The van der Waals surface area contributed by atoms with Crippen LogP contribution in [0.1, 0.15) is 17.8 Å². The molecule has 0 bridgehead atoms. The molecule has 1 aliphatic heterocycles. The van der Waals surface area contributed by atoms with Crippen molar-refractivity contribution in [3.05, 3.63) is 29.9 Å². The molecule has 20 heavy (non-hydrogen) atoms. The number of carbonyl (C=O) groups excluding carboxylic acids is 1. The highest BCUT2D eigenvalue weighted by atomic mass is 16.4. The van der Waals surface area contributed by atoms with Gasteiger partial charge < -0.3 is 15.4 Å². The number of carboxylic acids is 1. The molecule has 4 N–H and O–H groups in total. The van der Waals surface area contributed by atoms with E-state index >= 15 is 0 Å². The molecule has 1 aliphatic carbocycles. The third kappa shape index (κ3) is 2.44. The van der Waals surface area contributed by atoms with Crippen LogP contribution in [0.4, 0.5) is 0 Å². The molecule has 2 heterocycles. The van der Waals surface area contributed by atoms with Gasteiger partial charge in [0.05, 0.1) is 29.7 Å². The third-order valence-electron chi connectivity index (χ3n) is 3.78. The van der Waals surface area contributed by atoms with Crippen LogP contribution in [0.2, 0.25) is 0 Å². The van der Waals surface area contributed by atoms with E-state index in [1.54, 1.807) is 18.5 Å². The Bertz CT molecular complexity index is 566. The summed E-state index contributed by atoms with van der Waals surface area (Å²) in [5.74, 6) is -1.47. The van der Waals surface area contributed by atoms with Crippen molar-refractivity contribution >= 4 is 11.9 Å². The minimum atomic E-state index is -0.852. The number of hydrogen-bond acceptors (Lipinski definition) is 4. The number of carboxylic acid groups (broad SMARTS) is 1. The Morgan fingerprint density at radius 2 is 2.25 bits per heavy atom. The SMILES string of the molecule is O=C(O)C1C=CC(NC(=O)C2Cc3nc[nH]c3CN2)C1. The van der Waals surface area contributed by atoms with Gasteiger partial charge in [0.15, 0.2) is 0 Å². The molecule has 106 valence electrons. The van der Waals surface area contributed by atoms with Gasteiger partial charge in [0.1, 0.15) is 0 Å². The van der Waals surface area contributed by atoms with Crippen LogP contribution in [0.25, 0.3) is 0 Å². The van der Waals surface area contributed by atoms with E-state index < -0.39 is 11.9 Å². The van der Waals surface area contributed by atoms with E-state index in [0.717, 1.165) is 11.4 Å². The first-order chi connectivity index (χ1) is 9.63. The smallest absolute Gasteiger partial charge is 0.310 e. The third-order valence-corrected chi connectivity index (χ3v) is 3.78. The number of nitrogens with zero attached hydrogens (tertiary/aromatic N) is 1. The number of amides is 1. The summed E-state index contributed by atoms with van der Waals surface area (Å²) < 4.78 is 0. The molecule has 0 saturated heterocycles. The fourth-order valence-corrected chi connectivity index (χ4v) is 2.63. The van der Waals surface area contributed by atoms with Crippen molar-refractivity contribution in [3.63, 3.8) is 0 Å². The monoisotopic (exact) mass is 276 g/mol. The number of hydrogen-bond donors (Lipinski definition) is 4. The molecule has 0 radical (unpaired) electrons. The zero-order chi connectivity index (χ0) is 14.1. The number of rotatable bonds is 3. The molecule has 0 saturated carbocycles. The molecule has 0 fully saturated rings. The number of aliphatic carboxylic acids is 1. The number of H-pyrrole nitrogens is 1. The second-order valence-corrected chi connectivity index (χ2v) is 5.15. The Labute approximate surface area is 115 Å². The Morgan fingerprint density at radius 3 is 3.00 bits per heavy atom. The lowest BCUT2D eigenvalue weighted by Gasteiger charge is -2.23. The van der Waals surface area contributed by atoms with E-state index in [9.17, 15) is 9.59 Å². The van der Waals surface area contributed by atoms with E-state index in [1.807, 2.05) is 0 Å². The normalized spacial score (nSPS) is 28.1. The molecular formula is C13H16N4O3. The highest BCUT2D eigenvalue weighted by molar-refractivity contribution is 5.83. The van der Waals surface area contributed by atoms with Crippen molar-refractivity contribution in [3.8, 4) is 0 Å². The van der Waals surface area contributed by atoms with Gasteiger partial charge in [-0.05, 0) is 6.42 Å². The summed E-state index contributed by atoms with van der Waals surface area (Å²) in [6.45, 7) is 0.589. The molecule has 0 spiro atoms. The first kappa shape index (κ1) is 12.9. The van der Waals surface area contributed by atoms with Crippen molar-refractivity contribution in [1.82, 2.24) is 20.6 Å². The summed E-state index contributed by atoms with van der Waals surface area (Å²) in [6.07, 6.45) is 5.97. The quantitative estimate of drug-likeness (QED) is 0.560. The Balaban J connectivity index is 1.56. The van der Waals surface area contributed by atoms with Crippen molar-refractivity contribution in [2.24, 2.45) is 5.92 Å². The number of carbonyl (C=O) groups is 2. The Kier molecular flexibility index (Phi) is 3.27. The molecule has 1 amide bonds. The van der Waals surface area contributed by atoms with E-state index in [1.165, 1.54) is 0 Å². The summed E-state index contributed by atoms with van der Waals surface area (Å²) in [7, 11) is 0. The van der Waals surface area contributed by atoms with Crippen LogP contribution in [0, 0.1) is 5.92 Å². The average molecular weight is 276 g/mol. The van der Waals surface area contributed by atoms with Crippen LogP contribution >= 0.6 is 0 Å². The molecule has 3 rings (SSSR count). The van der Waals surface area contributed by atoms with Gasteiger partial charge in [-0.15, -0.1) is 0 Å². The summed E-state index contributed by atoms with van der Waals surface area (Å²) in [6, 6.07) is -0.519. The molecule has 1 aromatic rings. The number of aromatic amines is 1. The minimum absolute atomic E-state index is 0.112. The standard InChI is InChI=1S/C13H16N4O3/c18-12(17-8-2-1-7(3-8)13(19)20)10-4-9-11(5-14-10)16-6-15-9/h1-2,6-8,10,14H,3-5H2,(H,15,16)(H,17,18)(H,19,20). The molecule has 3 unspecified atom stereocenters. The van der Waals surface area contributed by atoms with E-state index in [0.29, 0.717) is 19.4 Å². The predicted octanol–water partition coefficient (Wildman–Crippen LogP) is -0.430. The van der Waals surface area contributed by atoms with Gasteiger partial charge in [0.25, 0.3) is 0 Å². The van der Waals surface area contributed by atoms with E-state index in [-0.39, 0.29) is 18.0 Å². The number of fused-ring (bicyclic) bond motifs is 1. The minimum Gasteiger partial charge on any atom is -0.481 e. The number of nitrogens with one attached hydrogen (secondary N) is 3. The lowest BCUT2D eigenvalue weighted by Crippen LogP contribution is -2.50. The van der Waals surface area contributed by atoms with Crippen LogP contribution in [-0.2, 0) is 22.6 Å². The van der Waals surface area contributed by atoms with E-state index in [2.05, 4.69) is 20.6 Å². The maximum atomic E-state index is 12.2. The highest BCUT2D eigenvalue weighted by Crippen LogP contribution is 2.18. The Morgan fingerprint density at radius 1 is 1.40 bits per heavy atom. The Hall–Kier alpha value is -2.15. The molecule has 1 aromatic heterocycles. The zero-order valence-corrected chi connectivity index (χ0v) is 10.8. The van der Waals surface area contributed by atoms with E-state index in [4.69, 9.17) is 5.11 Å². The second-order valence-electron chi connectivity index (χ2n) is 5.15. The van der Waals surface area contributed by atoms with Gasteiger partial charge in [-0.25, -0.2) is 4.98 Å². The molecule has 3 atom stereocenters. The maximum Gasteiger partial charge on any atom is 0.310 e. The first-order valence-corrected chi connectivity index (χ1v) is 6.59. The number of aromatic nitrogens is 2. The fourth-order valence-electron chi connectivity index (χ4n) is 2.63. The lowest BCUT2D eigenvalue weighted by atomic mass is 10.0. The largest absolute Gasteiger partial charge is 0.481 e. The molecule has 7 heteroatoms. The molecule has 0 aromatic carbocycles. The van der Waals surface area contributed by atoms with Crippen molar-refractivity contribution in [2.75, 3.05) is 0 Å². The van der Waals surface area contributed by atoms with Crippen molar-refractivity contribution in [1.29, 1.82) is 0 Å². The zero-order valence-electron chi connectivity index (χ0n) is 10.8. The molecular weight excluding hydrogens is 260 g/mol. The van der Waals surface area contributed by atoms with Gasteiger partial charge >= 0.3 is 5.97 Å². The van der Waals surface area contributed by atoms with Gasteiger partial charge in [-0.2, -0.15) is 0 Å². The maximum absolute atomic E-state index is 12.2. The van der Waals surface area contributed by atoms with Crippen LogP contribution in [0.5, 0.6) is 0 Å². The summed E-state index contributed by atoms with van der Waals surface area (Å²) >= 11 is 0. The van der Waals surface area contributed by atoms with Crippen molar-refractivity contribution in [2.45, 2.75) is 31.5 Å².